The third-order valence-electron chi connectivity index (χ3n) is 11.7. The van der Waals surface area contributed by atoms with Crippen molar-refractivity contribution in [1.29, 1.82) is 5.26 Å². The summed E-state index contributed by atoms with van der Waals surface area (Å²) in [6.45, 7) is 10.2. The Labute approximate surface area is 519 Å². The molecule has 3 aromatic carbocycles. The van der Waals surface area contributed by atoms with E-state index in [0.29, 0.717) is 45.3 Å². The predicted octanol–water partition coefficient (Wildman–Crippen LogP) is 4.80. The van der Waals surface area contributed by atoms with Crippen molar-refractivity contribution >= 4 is 53.4 Å². The molecule has 0 spiro atoms. The normalized spacial score (nSPS) is 15.1. The zero-order valence-electron chi connectivity index (χ0n) is 49.7. The zero-order chi connectivity index (χ0) is 71.7. The van der Waals surface area contributed by atoms with Crippen LogP contribution in [0.15, 0.2) is 66.9 Å². The van der Waals surface area contributed by atoms with Crippen LogP contribution in [0.3, 0.4) is 0 Å². The maximum Gasteiger partial charge on any atom is 0.490 e. The van der Waals surface area contributed by atoms with E-state index < -0.39 is 109 Å². The highest BCUT2D eigenvalue weighted by Gasteiger charge is 2.41. The van der Waals surface area contributed by atoms with E-state index in [1.807, 2.05) is 24.3 Å². The third kappa shape index (κ3) is 27.2. The highest BCUT2D eigenvalue weighted by atomic mass is 19.4. The molecule has 4 atom stereocenters. The molecule has 5 amide bonds. The van der Waals surface area contributed by atoms with E-state index >= 15 is 0 Å². The lowest BCUT2D eigenvalue weighted by molar-refractivity contribution is -0.193. The molecule has 0 unspecified atom stereocenters. The van der Waals surface area contributed by atoms with Crippen LogP contribution in [0.2, 0.25) is 0 Å². The number of alkyl halides is 12. The number of hydrogen-bond acceptors (Lipinski definition) is 17. The summed E-state index contributed by atoms with van der Waals surface area (Å²) < 4.78 is 139. The highest BCUT2D eigenvalue weighted by Crippen LogP contribution is 2.40. The molecule has 512 valence electrons. The number of nitrogens with two attached hydrogens (primary N) is 3. The number of hydrogen-bond donors (Lipinski definition) is 11. The lowest BCUT2D eigenvalue weighted by Crippen LogP contribution is -2.56. The van der Waals surface area contributed by atoms with Crippen LogP contribution in [0.5, 0.6) is 11.5 Å². The van der Waals surface area contributed by atoms with Gasteiger partial charge in [0.2, 0.25) is 23.6 Å². The molecule has 4 bridgehead atoms. The second kappa shape index (κ2) is 35.6. The fourth-order valence-electron chi connectivity index (χ4n) is 7.31. The fraction of sp³-hybridized carbons (Fsp3) is 0.418. The van der Waals surface area contributed by atoms with Gasteiger partial charge in [-0.3, -0.25) is 24.0 Å². The minimum absolute atomic E-state index is 0.00287. The number of carbonyl (C=O) groups is 9. The summed E-state index contributed by atoms with van der Waals surface area (Å²) >= 11 is 0. The molecular weight excluding hydrogens is 1280 g/mol. The van der Waals surface area contributed by atoms with Crippen molar-refractivity contribution in [3.63, 3.8) is 0 Å². The standard InChI is InChI=1S/C47H59N11O7.4C2HF3O2/c1-27-35(26-52-42(53-27)30-8-11-32(12-9-30)47(3,4)5)44(61)55-36(15-17-48)46(63)58(6)41-31-10-14-38(65-22-20-51)34(25-31)33-23-29(7-13-37(33)64-21-19-50)24-39(56-40(59)16-18-49)57-43(60)28(2)54-45(41)62;4*3-2(4,5)1(6)7/h7-14,23,25-26,28,36,39,41H,15-17,19-22,24,48,50-51H2,1-6H3,(H,54,62)(H,55,61)(H,56,59)(H,57,60);4*(H,6,7)/t28-,36-,39-,41-;;;;/m0..../s1. The van der Waals surface area contributed by atoms with Crippen molar-refractivity contribution in [2.45, 2.75) is 108 Å². The van der Waals surface area contributed by atoms with E-state index in [2.05, 4.69) is 52.0 Å². The van der Waals surface area contributed by atoms with Crippen LogP contribution < -0.4 is 47.9 Å². The van der Waals surface area contributed by atoms with Gasteiger partial charge in [-0.2, -0.15) is 57.9 Å². The number of nitriles is 1. The second-order valence-electron chi connectivity index (χ2n) is 19.9. The third-order valence-corrected chi connectivity index (χ3v) is 11.7. The van der Waals surface area contributed by atoms with E-state index in [0.717, 1.165) is 11.1 Å². The SMILES string of the molecule is Cc1nc(-c2ccc(C(C)(C)C)cc2)ncc1C(=O)N[C@@H](CCN)C(=O)N(C)[C@@H]1C(=O)N[C@@H](C)C(=O)N[C@H](NC(=O)CC#N)Cc2ccc(OCCN)c(c2)-c2cc1ccc2OCCN.O=C(O)C(F)(F)F.O=C(O)C(F)(F)F.O=C(O)C(F)(F)F.O=C(O)C(F)(F)F. The number of aromatic nitrogens is 2. The molecule has 1 aromatic heterocycles. The average molecular weight is 1350 g/mol. The van der Waals surface area contributed by atoms with Crippen molar-refractivity contribution < 1.29 is 126 Å². The molecule has 1 aliphatic heterocycles. The Morgan fingerprint density at radius 2 is 1.17 bits per heavy atom. The summed E-state index contributed by atoms with van der Waals surface area (Å²) in [6.07, 6.45) is -20.3. The van der Waals surface area contributed by atoms with Crippen LogP contribution in [0.1, 0.15) is 79.3 Å². The number of benzene rings is 3. The zero-order valence-corrected chi connectivity index (χ0v) is 49.7. The van der Waals surface area contributed by atoms with Crippen molar-refractivity contribution in [1.82, 2.24) is 36.1 Å². The van der Waals surface area contributed by atoms with Gasteiger partial charge in [0.05, 0.1) is 17.3 Å². The average Bonchev–Trinajstić information content (AvgIpc) is 0.791. The van der Waals surface area contributed by atoms with Crippen LogP contribution in [-0.2, 0) is 50.2 Å². The Kier molecular flexibility index (Phi) is 31.1. The summed E-state index contributed by atoms with van der Waals surface area (Å²) in [7, 11) is 1.42. The molecule has 93 heavy (non-hydrogen) atoms. The molecule has 38 heteroatoms. The summed E-state index contributed by atoms with van der Waals surface area (Å²) in [5, 5.41) is 48.6. The maximum absolute atomic E-state index is 14.6. The second-order valence-corrected chi connectivity index (χ2v) is 19.9. The van der Waals surface area contributed by atoms with E-state index in [-0.39, 0.29) is 56.7 Å². The topological polar surface area (TPSA) is 432 Å². The number of fused-ring (bicyclic) bond motifs is 5. The summed E-state index contributed by atoms with van der Waals surface area (Å²) in [6, 6.07) is 16.2. The number of amides is 5. The largest absolute Gasteiger partial charge is 0.492 e. The van der Waals surface area contributed by atoms with E-state index in [9.17, 15) is 76.7 Å². The smallest absolute Gasteiger partial charge is 0.490 e. The molecule has 4 aromatic rings. The number of halogens is 12. The number of rotatable bonds is 15. The minimum Gasteiger partial charge on any atom is -0.492 e. The monoisotopic (exact) mass is 1350 g/mol. The summed E-state index contributed by atoms with van der Waals surface area (Å²) in [4.78, 5) is 115. The number of aryl methyl sites for hydroxylation is 1. The van der Waals surface area contributed by atoms with E-state index in [4.69, 9.17) is 71.5 Å². The molecule has 1 aliphatic rings. The van der Waals surface area contributed by atoms with Gasteiger partial charge in [0.1, 0.15) is 55.4 Å². The van der Waals surface area contributed by atoms with Crippen molar-refractivity contribution in [2.75, 3.05) is 39.9 Å². The lowest BCUT2D eigenvalue weighted by atomic mass is 9.87. The molecule has 0 aliphatic carbocycles. The summed E-state index contributed by atoms with van der Waals surface area (Å²) in [5.74, 6) is -13.1. The predicted molar refractivity (Wildman–Crippen MR) is 299 cm³/mol. The van der Waals surface area contributed by atoms with Crippen molar-refractivity contribution in [3.8, 4) is 40.1 Å². The van der Waals surface area contributed by atoms with Gasteiger partial charge in [-0.25, -0.2) is 29.1 Å². The Balaban J connectivity index is 0.00000128. The van der Waals surface area contributed by atoms with Crippen LogP contribution in [0.4, 0.5) is 52.7 Å². The molecule has 14 N–H and O–H groups in total. The first-order chi connectivity index (χ1) is 42.8. The van der Waals surface area contributed by atoms with Crippen LogP contribution in [-0.4, -0.2) is 172 Å². The molecule has 26 nitrogen and oxygen atoms in total. The van der Waals surface area contributed by atoms with Gasteiger partial charge in [0.15, 0.2) is 5.82 Å². The number of carbonyl (C=O) groups excluding carboxylic acids is 5. The number of likely N-dealkylation sites (N-methyl/N-ethyl adjacent to an activating group) is 1. The van der Waals surface area contributed by atoms with E-state index in [1.165, 1.54) is 25.1 Å². The molecule has 5 rings (SSSR count). The van der Waals surface area contributed by atoms with E-state index in [1.54, 1.807) is 49.4 Å². The number of aliphatic carboxylic acids is 4. The molecule has 2 heterocycles. The fourth-order valence-corrected chi connectivity index (χ4v) is 7.31. The number of nitrogens with zero attached hydrogens (tertiary/aromatic N) is 4. The van der Waals surface area contributed by atoms with Crippen LogP contribution in [0.25, 0.3) is 22.5 Å². The van der Waals surface area contributed by atoms with Gasteiger partial charge in [-0.05, 0) is 73.2 Å². The number of ether oxygens (including phenoxy) is 2. The molecule has 0 saturated heterocycles. The Bertz CT molecular complexity index is 3210. The summed E-state index contributed by atoms with van der Waals surface area (Å²) in [5.41, 5.74) is 22.0. The number of carboxylic acid groups (broad SMARTS) is 4. The quantitative estimate of drug-likeness (QED) is 0.0712. The molecular formula is C55H63F12N11O15. The minimum atomic E-state index is -5.08. The van der Waals surface area contributed by atoms with Gasteiger partial charge >= 0.3 is 48.6 Å². The van der Waals surface area contributed by atoms with Crippen molar-refractivity contribution in [3.05, 3.63) is 94.8 Å². The first kappa shape index (κ1) is 81.1. The maximum atomic E-state index is 14.6. The first-order valence-corrected chi connectivity index (χ1v) is 26.4. The molecule has 0 fully saturated rings. The van der Waals surface area contributed by atoms with Gasteiger partial charge in [0.25, 0.3) is 5.91 Å². The van der Waals surface area contributed by atoms with Crippen LogP contribution >= 0.6 is 0 Å². The Hall–Kier alpha value is -9.90. The molecule has 0 radical (unpaired) electrons. The first-order valence-electron chi connectivity index (χ1n) is 26.4. The number of carboxylic acids is 4. The van der Waals surface area contributed by atoms with Gasteiger partial charge < -0.3 is 73.3 Å². The van der Waals surface area contributed by atoms with Gasteiger partial charge in [0, 0.05) is 49.4 Å². The Morgan fingerprint density at radius 1 is 0.710 bits per heavy atom. The lowest BCUT2D eigenvalue weighted by Gasteiger charge is -2.32. The number of nitrogens with one attached hydrogen (secondary N) is 4. The van der Waals surface area contributed by atoms with Gasteiger partial charge in [-0.1, -0.05) is 57.2 Å². The van der Waals surface area contributed by atoms with Crippen LogP contribution in [0, 0.1) is 18.3 Å². The van der Waals surface area contributed by atoms with Crippen molar-refractivity contribution in [2.24, 2.45) is 17.2 Å². The van der Waals surface area contributed by atoms with Gasteiger partial charge in [-0.15, -0.1) is 0 Å². The highest BCUT2D eigenvalue weighted by molar-refractivity contribution is 5.99. The Morgan fingerprint density at radius 3 is 1.59 bits per heavy atom. The molecule has 0 saturated carbocycles.